The Labute approximate surface area is 74.7 Å². The Bertz CT molecular complexity index is 323. The maximum atomic E-state index is 12.9. The summed E-state index contributed by atoms with van der Waals surface area (Å²) in [5, 5.41) is 0. The molecule has 0 spiro atoms. The fourth-order valence-corrected chi connectivity index (χ4v) is 0.944. The molecule has 0 bridgehead atoms. The van der Waals surface area contributed by atoms with Gasteiger partial charge < -0.3 is 0 Å². The van der Waals surface area contributed by atoms with Crippen LogP contribution in [-0.2, 0) is 0 Å². The van der Waals surface area contributed by atoms with Crippen LogP contribution < -0.4 is 0 Å². The van der Waals surface area contributed by atoms with Crippen LogP contribution in [0.25, 0.3) is 0 Å². The van der Waals surface area contributed by atoms with Crippen molar-refractivity contribution in [2.45, 2.75) is 6.92 Å². The van der Waals surface area contributed by atoms with Crippen molar-refractivity contribution in [2.75, 3.05) is 0 Å². The zero-order valence-electron chi connectivity index (χ0n) is 6.38. The summed E-state index contributed by atoms with van der Waals surface area (Å²) in [5.74, 6) is -1.21. The van der Waals surface area contributed by atoms with Gasteiger partial charge in [0.2, 0.25) is 0 Å². The van der Waals surface area contributed by atoms with E-state index in [-0.39, 0.29) is 5.56 Å². The monoisotopic (exact) mass is 187 g/mol. The summed E-state index contributed by atoms with van der Waals surface area (Å²) in [6.45, 7) is 1.60. The fourth-order valence-electron chi connectivity index (χ4n) is 0.837. The first-order valence-corrected chi connectivity index (χ1v) is 3.69. The molecule has 1 aromatic carbocycles. The van der Waals surface area contributed by atoms with Crippen LogP contribution in [0.15, 0.2) is 22.6 Å². The van der Waals surface area contributed by atoms with E-state index in [2.05, 4.69) is 17.2 Å². The minimum absolute atomic E-state index is 0.270. The largest absolute Gasteiger partial charge is 0.224 e. The van der Waals surface area contributed by atoms with Crippen LogP contribution in [0.1, 0.15) is 12.5 Å². The first kappa shape index (κ1) is 9.19. The highest BCUT2D eigenvalue weighted by molar-refractivity contribution is 7.79. The summed E-state index contributed by atoms with van der Waals surface area (Å²) in [6.07, 6.45) is 0. The molecule has 12 heavy (non-hydrogen) atoms. The molecule has 1 rings (SSSR count). The van der Waals surface area contributed by atoms with Gasteiger partial charge in [-0.1, -0.05) is 0 Å². The second-order valence-electron chi connectivity index (χ2n) is 2.31. The normalized spacial score (nSPS) is 11.8. The molecule has 0 saturated heterocycles. The van der Waals surface area contributed by atoms with Crippen LogP contribution in [0.2, 0.25) is 0 Å². The Hall–Kier alpha value is -0.900. The molecule has 0 fully saturated rings. The number of hydrogen-bond acceptors (Lipinski definition) is 2. The lowest BCUT2D eigenvalue weighted by molar-refractivity contribution is 0.582. The lowest BCUT2D eigenvalue weighted by Gasteiger charge is -2.00. The Morgan fingerprint density at radius 1 is 1.42 bits per heavy atom. The van der Waals surface area contributed by atoms with Gasteiger partial charge in [0.25, 0.3) is 0 Å². The molecule has 1 nitrogen and oxygen atoms in total. The minimum atomic E-state index is -0.620. The summed E-state index contributed by atoms with van der Waals surface area (Å²) in [7, 11) is 0. The van der Waals surface area contributed by atoms with Crippen molar-refractivity contribution in [1.82, 2.24) is 0 Å². The maximum Gasteiger partial charge on any atom is 0.135 e. The Kier molecular flexibility index (Phi) is 2.81. The molecule has 0 aliphatic carbocycles. The molecule has 0 N–H and O–H groups in total. The second-order valence-corrected chi connectivity index (χ2v) is 2.51. The number of hydrogen-bond donors (Lipinski definition) is 1. The lowest BCUT2D eigenvalue weighted by atomic mass is 10.1. The zero-order valence-corrected chi connectivity index (χ0v) is 7.28. The highest BCUT2D eigenvalue weighted by atomic mass is 32.1. The molecule has 0 aliphatic rings. The van der Waals surface area contributed by atoms with Crippen LogP contribution in [0.5, 0.6) is 0 Å². The summed E-state index contributed by atoms with van der Waals surface area (Å²) in [4.78, 5) is 0. The number of nitrogens with zero attached hydrogens (tertiary/aromatic N) is 1. The van der Waals surface area contributed by atoms with Gasteiger partial charge in [0.15, 0.2) is 0 Å². The smallest absolute Gasteiger partial charge is 0.135 e. The molecule has 4 heteroatoms. The highest BCUT2D eigenvalue weighted by Gasteiger charge is 2.05. The Morgan fingerprint density at radius 2 is 2.08 bits per heavy atom. The third-order valence-corrected chi connectivity index (χ3v) is 1.77. The van der Waals surface area contributed by atoms with Crippen LogP contribution in [0.3, 0.4) is 0 Å². The van der Waals surface area contributed by atoms with Crippen molar-refractivity contribution in [3.8, 4) is 0 Å². The molecule has 0 atom stereocenters. The molecular formula is C8H7F2NS. The minimum Gasteiger partial charge on any atom is -0.224 e. The number of thiol groups is 1. The van der Waals surface area contributed by atoms with Crippen LogP contribution in [0, 0.1) is 11.6 Å². The molecule has 0 unspecified atom stereocenters. The van der Waals surface area contributed by atoms with Crippen molar-refractivity contribution in [3.05, 3.63) is 35.4 Å². The van der Waals surface area contributed by atoms with Gasteiger partial charge >= 0.3 is 0 Å². The van der Waals surface area contributed by atoms with Gasteiger partial charge in [0.1, 0.15) is 11.6 Å². The topological polar surface area (TPSA) is 12.4 Å². The van der Waals surface area contributed by atoms with Crippen molar-refractivity contribution in [3.63, 3.8) is 0 Å². The van der Waals surface area contributed by atoms with Gasteiger partial charge in [0.05, 0.1) is 5.71 Å². The predicted octanol–water partition coefficient (Wildman–Crippen LogP) is 2.62. The average molecular weight is 187 g/mol. The summed E-state index contributed by atoms with van der Waals surface area (Å²) in [5.41, 5.74) is 0.697. The second kappa shape index (κ2) is 3.67. The van der Waals surface area contributed by atoms with E-state index in [9.17, 15) is 8.78 Å². The predicted molar refractivity (Wildman–Crippen MR) is 47.6 cm³/mol. The Morgan fingerprint density at radius 3 is 2.58 bits per heavy atom. The number of rotatable bonds is 1. The fraction of sp³-hybridized carbons (Fsp3) is 0.125. The van der Waals surface area contributed by atoms with E-state index in [0.29, 0.717) is 5.71 Å². The van der Waals surface area contributed by atoms with E-state index in [1.54, 1.807) is 6.92 Å². The summed E-state index contributed by atoms with van der Waals surface area (Å²) >= 11 is 3.63. The molecule has 0 heterocycles. The summed E-state index contributed by atoms with van der Waals surface area (Å²) in [6, 6.07) is 3.33. The molecule has 1 aromatic rings. The van der Waals surface area contributed by atoms with E-state index in [1.807, 2.05) is 0 Å². The van der Waals surface area contributed by atoms with Crippen molar-refractivity contribution in [2.24, 2.45) is 4.40 Å². The molecule has 64 valence electrons. The van der Waals surface area contributed by atoms with Crippen LogP contribution in [-0.4, -0.2) is 5.71 Å². The van der Waals surface area contributed by atoms with Gasteiger partial charge in [0, 0.05) is 11.6 Å². The lowest BCUT2D eigenvalue weighted by Crippen LogP contribution is -1.97. The van der Waals surface area contributed by atoms with E-state index in [4.69, 9.17) is 0 Å². The quantitative estimate of drug-likeness (QED) is 0.512. The van der Waals surface area contributed by atoms with Crippen LogP contribution >= 0.6 is 12.8 Å². The maximum absolute atomic E-state index is 12.9. The van der Waals surface area contributed by atoms with Crippen molar-refractivity contribution >= 4 is 18.5 Å². The van der Waals surface area contributed by atoms with E-state index >= 15 is 0 Å². The van der Waals surface area contributed by atoms with E-state index in [0.717, 1.165) is 6.07 Å². The van der Waals surface area contributed by atoms with E-state index in [1.165, 1.54) is 12.1 Å². The average Bonchev–Trinajstić information content (AvgIpc) is 2.03. The number of halogens is 2. The van der Waals surface area contributed by atoms with E-state index < -0.39 is 11.6 Å². The zero-order chi connectivity index (χ0) is 9.14. The van der Waals surface area contributed by atoms with Gasteiger partial charge in [-0.25, -0.2) is 13.2 Å². The molecular weight excluding hydrogens is 180 g/mol. The molecule has 0 saturated carbocycles. The SMILES string of the molecule is C/C(=N\S)c1ccc(F)cc1F. The first-order valence-electron chi connectivity index (χ1n) is 3.29. The first-order chi connectivity index (χ1) is 5.65. The number of benzene rings is 1. The third-order valence-electron chi connectivity index (χ3n) is 1.47. The highest BCUT2D eigenvalue weighted by Crippen LogP contribution is 2.10. The van der Waals surface area contributed by atoms with Gasteiger partial charge in [-0.2, -0.15) is 0 Å². The molecule has 0 radical (unpaired) electrons. The van der Waals surface area contributed by atoms with Gasteiger partial charge in [-0.05, 0) is 31.9 Å². The van der Waals surface area contributed by atoms with Gasteiger partial charge in [-0.3, -0.25) is 0 Å². The molecule has 0 amide bonds. The standard InChI is InChI=1S/C8H7F2NS/c1-5(11-12)7-3-2-6(9)4-8(7)10/h2-4,12H,1H3/b11-5+. The molecule has 0 aliphatic heterocycles. The van der Waals surface area contributed by atoms with Crippen molar-refractivity contribution in [1.29, 1.82) is 0 Å². The summed E-state index contributed by atoms with van der Waals surface area (Å²) < 4.78 is 28.8. The molecule has 0 aromatic heterocycles. The van der Waals surface area contributed by atoms with Crippen molar-refractivity contribution < 1.29 is 8.78 Å². The van der Waals surface area contributed by atoms with Crippen LogP contribution in [0.4, 0.5) is 8.78 Å². The van der Waals surface area contributed by atoms with Gasteiger partial charge in [-0.15, -0.1) is 0 Å². The third kappa shape index (κ3) is 1.82. The Balaban J connectivity index is 3.18.